The predicted octanol–water partition coefficient (Wildman–Crippen LogP) is 1.05. The Labute approximate surface area is 141 Å². The van der Waals surface area contributed by atoms with Crippen molar-refractivity contribution in [3.63, 3.8) is 0 Å². The smallest absolute Gasteiger partial charge is 0.240 e. The van der Waals surface area contributed by atoms with Crippen molar-refractivity contribution in [1.82, 2.24) is 9.03 Å². The van der Waals surface area contributed by atoms with E-state index >= 15 is 0 Å². The molecule has 0 amide bonds. The normalized spacial score (nSPS) is 15.8. The Morgan fingerprint density at radius 2 is 1.96 bits per heavy atom. The standard InChI is InChI=1S/C13H19ClN2O5S2/c1-21-13-6-5-11(9-12(13)14)23(19,20)15-7-8-16(10-3-4-10)22(2,17)18/h5-6,9-10,15H,3-4,7-8H2,1-2H3. The number of methoxy groups -OCH3 is 1. The number of nitrogens with one attached hydrogen (secondary N) is 1. The molecule has 0 spiro atoms. The third-order valence-corrected chi connectivity index (χ3v) is 6.52. The van der Waals surface area contributed by atoms with Crippen molar-refractivity contribution in [1.29, 1.82) is 0 Å². The van der Waals surface area contributed by atoms with Gasteiger partial charge in [-0.15, -0.1) is 0 Å². The summed E-state index contributed by atoms with van der Waals surface area (Å²) in [6.45, 7) is 0.0994. The van der Waals surface area contributed by atoms with E-state index < -0.39 is 20.0 Å². The summed E-state index contributed by atoms with van der Waals surface area (Å²) >= 11 is 5.92. The van der Waals surface area contributed by atoms with Gasteiger partial charge in [0.15, 0.2) is 0 Å². The van der Waals surface area contributed by atoms with Crippen LogP contribution in [-0.4, -0.2) is 53.6 Å². The summed E-state index contributed by atoms with van der Waals surface area (Å²) in [4.78, 5) is 0.000581. The SMILES string of the molecule is COc1ccc(S(=O)(=O)NCCN(C2CC2)S(C)(=O)=O)cc1Cl. The van der Waals surface area contributed by atoms with Gasteiger partial charge >= 0.3 is 0 Å². The van der Waals surface area contributed by atoms with Crippen LogP contribution in [0.3, 0.4) is 0 Å². The number of rotatable bonds is 8. The van der Waals surface area contributed by atoms with Crippen molar-refractivity contribution in [2.24, 2.45) is 0 Å². The molecule has 0 heterocycles. The average Bonchev–Trinajstić information content (AvgIpc) is 3.26. The highest BCUT2D eigenvalue weighted by molar-refractivity contribution is 7.89. The van der Waals surface area contributed by atoms with Crippen LogP contribution < -0.4 is 9.46 Å². The van der Waals surface area contributed by atoms with E-state index in [2.05, 4.69) is 4.72 Å². The van der Waals surface area contributed by atoms with Crippen LogP contribution in [0.2, 0.25) is 5.02 Å². The Balaban J connectivity index is 2.02. The maximum atomic E-state index is 12.2. The summed E-state index contributed by atoms with van der Waals surface area (Å²) in [5.74, 6) is 0.377. The first-order valence-electron chi connectivity index (χ1n) is 6.95. The minimum Gasteiger partial charge on any atom is -0.495 e. The highest BCUT2D eigenvalue weighted by Crippen LogP contribution is 2.29. The molecule has 7 nitrogen and oxygen atoms in total. The molecule has 1 aromatic carbocycles. The Morgan fingerprint density at radius 1 is 1.30 bits per heavy atom. The van der Waals surface area contributed by atoms with Crippen LogP contribution in [0.25, 0.3) is 0 Å². The number of ether oxygens (including phenoxy) is 1. The van der Waals surface area contributed by atoms with Crippen molar-refractivity contribution in [2.45, 2.75) is 23.8 Å². The molecule has 23 heavy (non-hydrogen) atoms. The lowest BCUT2D eigenvalue weighted by molar-refractivity contribution is 0.409. The van der Waals surface area contributed by atoms with Gasteiger partial charge in [0, 0.05) is 19.1 Å². The van der Waals surface area contributed by atoms with Crippen molar-refractivity contribution in [3.8, 4) is 5.75 Å². The zero-order valence-electron chi connectivity index (χ0n) is 12.8. The second-order valence-corrected chi connectivity index (χ2v) is 9.41. The Morgan fingerprint density at radius 3 is 2.43 bits per heavy atom. The average molecular weight is 383 g/mol. The quantitative estimate of drug-likeness (QED) is 0.725. The van der Waals surface area contributed by atoms with E-state index in [1.165, 1.54) is 29.6 Å². The van der Waals surface area contributed by atoms with Gasteiger partial charge in [0.2, 0.25) is 20.0 Å². The zero-order valence-corrected chi connectivity index (χ0v) is 15.2. The summed E-state index contributed by atoms with van der Waals surface area (Å²) in [5, 5.41) is 0.186. The van der Waals surface area contributed by atoms with E-state index in [0.29, 0.717) is 5.75 Å². The monoisotopic (exact) mass is 382 g/mol. The molecular weight excluding hydrogens is 364 g/mol. The molecular formula is C13H19ClN2O5S2. The van der Waals surface area contributed by atoms with Gasteiger partial charge in [-0.2, -0.15) is 4.31 Å². The fraction of sp³-hybridized carbons (Fsp3) is 0.538. The predicted molar refractivity (Wildman–Crippen MR) is 87.8 cm³/mol. The van der Waals surface area contributed by atoms with E-state index in [9.17, 15) is 16.8 Å². The summed E-state index contributed by atoms with van der Waals surface area (Å²) < 4.78 is 56.5. The van der Waals surface area contributed by atoms with E-state index in [-0.39, 0.29) is 29.0 Å². The van der Waals surface area contributed by atoms with E-state index in [1.54, 1.807) is 0 Å². The molecule has 0 bridgehead atoms. The largest absolute Gasteiger partial charge is 0.495 e. The summed E-state index contributed by atoms with van der Waals surface area (Å²) in [5.41, 5.74) is 0. The lowest BCUT2D eigenvalue weighted by Crippen LogP contribution is -2.39. The lowest BCUT2D eigenvalue weighted by atomic mass is 10.3. The molecule has 0 atom stereocenters. The number of hydrogen-bond donors (Lipinski definition) is 1. The molecule has 1 aliphatic rings. The number of sulfonamides is 2. The first-order valence-corrected chi connectivity index (χ1v) is 10.7. The summed E-state index contributed by atoms with van der Waals surface area (Å²) in [7, 11) is -5.67. The molecule has 1 aromatic rings. The second kappa shape index (κ2) is 6.94. The molecule has 1 aliphatic carbocycles. The minimum atomic E-state index is -3.77. The van der Waals surface area contributed by atoms with Crippen molar-refractivity contribution in [2.75, 3.05) is 26.5 Å². The first kappa shape index (κ1) is 18.5. The molecule has 0 saturated heterocycles. The van der Waals surface area contributed by atoms with Crippen LogP contribution in [0.1, 0.15) is 12.8 Å². The van der Waals surface area contributed by atoms with E-state index in [0.717, 1.165) is 19.1 Å². The summed E-state index contributed by atoms with van der Waals surface area (Å²) in [6.07, 6.45) is 2.75. The molecule has 2 rings (SSSR count). The second-order valence-electron chi connectivity index (χ2n) is 5.30. The van der Waals surface area contributed by atoms with Crippen molar-refractivity contribution in [3.05, 3.63) is 23.2 Å². The summed E-state index contributed by atoms with van der Waals surface area (Å²) in [6, 6.07) is 4.12. The third kappa shape index (κ3) is 4.80. The maximum absolute atomic E-state index is 12.2. The maximum Gasteiger partial charge on any atom is 0.240 e. The van der Waals surface area contributed by atoms with Crippen molar-refractivity contribution < 1.29 is 21.6 Å². The molecule has 1 fully saturated rings. The molecule has 0 radical (unpaired) electrons. The topological polar surface area (TPSA) is 92.8 Å². The molecule has 130 valence electrons. The number of nitrogens with zero attached hydrogens (tertiary/aromatic N) is 1. The highest BCUT2D eigenvalue weighted by Gasteiger charge is 2.34. The van der Waals surface area contributed by atoms with Gasteiger partial charge in [0.05, 0.1) is 23.3 Å². The minimum absolute atomic E-state index is 0.000581. The number of benzene rings is 1. The first-order chi connectivity index (χ1) is 10.6. The van der Waals surface area contributed by atoms with Gasteiger partial charge in [-0.05, 0) is 31.0 Å². The third-order valence-electron chi connectivity index (χ3n) is 3.44. The van der Waals surface area contributed by atoms with Crippen LogP contribution in [0.4, 0.5) is 0 Å². The Kier molecular flexibility index (Phi) is 5.57. The van der Waals surface area contributed by atoms with E-state index in [4.69, 9.17) is 16.3 Å². The number of halogens is 1. The van der Waals surface area contributed by atoms with Crippen molar-refractivity contribution >= 4 is 31.6 Å². The highest BCUT2D eigenvalue weighted by atomic mass is 35.5. The van der Waals surface area contributed by atoms with E-state index in [1.807, 2.05) is 0 Å². The van der Waals surface area contributed by atoms with Gasteiger partial charge in [-0.25, -0.2) is 21.6 Å². The van der Waals surface area contributed by atoms with Crippen LogP contribution in [0.15, 0.2) is 23.1 Å². The van der Waals surface area contributed by atoms with Crippen LogP contribution in [-0.2, 0) is 20.0 Å². The molecule has 0 unspecified atom stereocenters. The van der Waals surface area contributed by atoms with Crippen LogP contribution in [0.5, 0.6) is 5.75 Å². The molecule has 0 aromatic heterocycles. The van der Waals surface area contributed by atoms with Gasteiger partial charge in [0.25, 0.3) is 0 Å². The van der Waals surface area contributed by atoms with Gasteiger partial charge in [-0.3, -0.25) is 0 Å². The van der Waals surface area contributed by atoms with Crippen LogP contribution in [0, 0.1) is 0 Å². The lowest BCUT2D eigenvalue weighted by Gasteiger charge is -2.19. The zero-order chi connectivity index (χ0) is 17.3. The Hall–Kier alpha value is -0.870. The Bertz CT molecular complexity index is 776. The molecule has 1 N–H and O–H groups in total. The fourth-order valence-electron chi connectivity index (χ4n) is 2.17. The molecule has 10 heteroatoms. The molecule has 1 saturated carbocycles. The van der Waals surface area contributed by atoms with Gasteiger partial charge in [0.1, 0.15) is 5.75 Å². The molecule has 0 aliphatic heterocycles. The van der Waals surface area contributed by atoms with Gasteiger partial charge in [-0.1, -0.05) is 11.6 Å². The van der Waals surface area contributed by atoms with Gasteiger partial charge < -0.3 is 4.74 Å². The fourth-order valence-corrected chi connectivity index (χ4v) is 4.71. The number of hydrogen-bond acceptors (Lipinski definition) is 5. The van der Waals surface area contributed by atoms with Crippen LogP contribution >= 0.6 is 11.6 Å².